The van der Waals surface area contributed by atoms with Crippen LogP contribution in [0.5, 0.6) is 6.01 Å². The normalized spacial score (nSPS) is 10.8. The first kappa shape index (κ1) is 16.2. The SMILES string of the molecule is O=c1[nH]c(-c2cccc(-n3nnnc3OCc3cccc(Br)c3)c2)no1. The summed E-state index contributed by atoms with van der Waals surface area (Å²) in [5.74, 6) is -0.299. The van der Waals surface area contributed by atoms with Gasteiger partial charge in [0.25, 0.3) is 0 Å². The van der Waals surface area contributed by atoms with Crippen molar-refractivity contribution in [2.75, 3.05) is 0 Å². The van der Waals surface area contributed by atoms with Crippen molar-refractivity contribution < 1.29 is 9.26 Å². The Morgan fingerprint density at radius 2 is 2.08 bits per heavy atom. The minimum atomic E-state index is -0.620. The van der Waals surface area contributed by atoms with E-state index in [1.807, 2.05) is 30.3 Å². The molecule has 0 saturated heterocycles. The van der Waals surface area contributed by atoms with Gasteiger partial charge in [0, 0.05) is 10.0 Å². The number of ether oxygens (including phenoxy) is 1. The Balaban J connectivity index is 1.59. The molecule has 0 amide bonds. The lowest BCUT2D eigenvalue weighted by atomic mass is 10.2. The van der Waals surface area contributed by atoms with Gasteiger partial charge in [-0.05, 0) is 40.3 Å². The lowest BCUT2D eigenvalue weighted by Crippen LogP contribution is -2.04. The maximum absolute atomic E-state index is 11.1. The Bertz CT molecular complexity index is 1100. The highest BCUT2D eigenvalue weighted by Crippen LogP contribution is 2.21. The highest BCUT2D eigenvalue weighted by atomic mass is 79.9. The summed E-state index contributed by atoms with van der Waals surface area (Å²) in [6.45, 7) is 0.316. The number of halogens is 1. The summed E-state index contributed by atoms with van der Waals surface area (Å²) < 4.78 is 12.7. The van der Waals surface area contributed by atoms with Crippen molar-refractivity contribution in [1.82, 2.24) is 30.3 Å². The zero-order valence-corrected chi connectivity index (χ0v) is 14.8. The van der Waals surface area contributed by atoms with Crippen LogP contribution in [0.4, 0.5) is 0 Å². The van der Waals surface area contributed by atoms with Gasteiger partial charge in [-0.25, -0.2) is 4.79 Å². The summed E-state index contributed by atoms with van der Waals surface area (Å²) in [5.41, 5.74) is 2.28. The van der Waals surface area contributed by atoms with Gasteiger partial charge >= 0.3 is 11.8 Å². The Morgan fingerprint density at radius 3 is 2.88 bits per heavy atom. The van der Waals surface area contributed by atoms with Crippen molar-refractivity contribution >= 4 is 15.9 Å². The van der Waals surface area contributed by atoms with Crippen LogP contribution >= 0.6 is 15.9 Å². The van der Waals surface area contributed by atoms with Crippen LogP contribution in [0.15, 0.2) is 62.3 Å². The molecule has 0 aliphatic rings. The van der Waals surface area contributed by atoms with Gasteiger partial charge in [-0.15, -0.1) is 0 Å². The zero-order valence-electron chi connectivity index (χ0n) is 13.2. The third-order valence-electron chi connectivity index (χ3n) is 3.50. The van der Waals surface area contributed by atoms with Crippen molar-refractivity contribution in [2.45, 2.75) is 6.61 Å². The average Bonchev–Trinajstić information content (AvgIpc) is 3.29. The molecule has 4 rings (SSSR count). The Morgan fingerprint density at radius 1 is 1.19 bits per heavy atom. The molecule has 2 aromatic heterocycles. The van der Waals surface area contributed by atoms with E-state index in [4.69, 9.17) is 4.74 Å². The van der Waals surface area contributed by atoms with Crippen LogP contribution in [0.1, 0.15) is 5.56 Å². The summed E-state index contributed by atoms with van der Waals surface area (Å²) in [6, 6.07) is 15.1. The monoisotopic (exact) mass is 414 g/mol. The topological polar surface area (TPSA) is 112 Å². The third-order valence-corrected chi connectivity index (χ3v) is 4.00. The molecule has 0 atom stereocenters. The quantitative estimate of drug-likeness (QED) is 0.533. The first-order chi connectivity index (χ1) is 12.7. The van der Waals surface area contributed by atoms with Gasteiger partial charge in [-0.3, -0.25) is 9.51 Å². The van der Waals surface area contributed by atoms with E-state index in [1.54, 1.807) is 18.2 Å². The highest BCUT2D eigenvalue weighted by Gasteiger charge is 2.12. The fourth-order valence-electron chi connectivity index (χ4n) is 2.34. The molecule has 2 heterocycles. The van der Waals surface area contributed by atoms with Gasteiger partial charge in [0.15, 0.2) is 5.82 Å². The van der Waals surface area contributed by atoms with E-state index in [1.165, 1.54) is 4.68 Å². The van der Waals surface area contributed by atoms with E-state index < -0.39 is 5.76 Å². The molecule has 4 aromatic rings. The van der Waals surface area contributed by atoms with Crippen LogP contribution in [0.2, 0.25) is 0 Å². The number of H-pyrrole nitrogens is 1. The van der Waals surface area contributed by atoms with E-state index in [0.29, 0.717) is 23.7 Å². The average molecular weight is 415 g/mol. The van der Waals surface area contributed by atoms with Crippen LogP contribution in [0, 0.1) is 0 Å². The molecular formula is C16H11BrN6O3. The van der Waals surface area contributed by atoms with E-state index >= 15 is 0 Å². The maximum Gasteiger partial charge on any atom is 0.439 e. The van der Waals surface area contributed by atoms with Crippen molar-refractivity contribution in [3.05, 3.63) is 69.1 Å². The van der Waals surface area contributed by atoms with Crippen LogP contribution in [-0.2, 0) is 6.61 Å². The van der Waals surface area contributed by atoms with Gasteiger partial charge in [0.05, 0.1) is 5.69 Å². The largest absolute Gasteiger partial charge is 0.457 e. The molecule has 2 aromatic carbocycles. The minimum absolute atomic E-state index is 0.246. The van der Waals surface area contributed by atoms with Crippen LogP contribution in [-0.4, -0.2) is 30.3 Å². The highest BCUT2D eigenvalue weighted by molar-refractivity contribution is 9.10. The summed E-state index contributed by atoms with van der Waals surface area (Å²) in [4.78, 5) is 13.6. The molecule has 0 spiro atoms. The molecule has 0 aliphatic heterocycles. The molecule has 0 bridgehead atoms. The molecule has 0 aliphatic carbocycles. The second-order valence-corrected chi connectivity index (χ2v) is 6.20. The van der Waals surface area contributed by atoms with E-state index in [0.717, 1.165) is 10.0 Å². The zero-order chi connectivity index (χ0) is 17.9. The van der Waals surface area contributed by atoms with Crippen LogP contribution < -0.4 is 10.5 Å². The van der Waals surface area contributed by atoms with Crippen LogP contribution in [0.3, 0.4) is 0 Å². The lowest BCUT2D eigenvalue weighted by molar-refractivity contribution is 0.273. The predicted octanol–water partition coefficient (Wildman–Crippen LogP) is 2.35. The summed E-state index contributed by atoms with van der Waals surface area (Å²) >= 11 is 3.42. The van der Waals surface area contributed by atoms with E-state index in [-0.39, 0.29) is 6.01 Å². The van der Waals surface area contributed by atoms with E-state index in [2.05, 4.69) is 46.1 Å². The molecule has 130 valence electrons. The number of tetrazole rings is 1. The number of aromatic amines is 1. The minimum Gasteiger partial charge on any atom is -0.457 e. The van der Waals surface area contributed by atoms with Gasteiger partial charge < -0.3 is 4.74 Å². The molecule has 0 fully saturated rings. The Hall–Kier alpha value is -3.27. The molecule has 1 N–H and O–H groups in total. The number of hydrogen-bond acceptors (Lipinski definition) is 7. The van der Waals surface area contributed by atoms with Gasteiger partial charge in [-0.1, -0.05) is 50.5 Å². The molecule has 0 radical (unpaired) electrons. The third kappa shape index (κ3) is 3.40. The number of hydrogen-bond donors (Lipinski definition) is 1. The second-order valence-electron chi connectivity index (χ2n) is 5.29. The summed E-state index contributed by atoms with van der Waals surface area (Å²) in [7, 11) is 0. The second kappa shape index (κ2) is 6.92. The molecular weight excluding hydrogens is 404 g/mol. The smallest absolute Gasteiger partial charge is 0.439 e. The Labute approximate surface area is 154 Å². The first-order valence-electron chi connectivity index (χ1n) is 7.51. The maximum atomic E-state index is 11.1. The standard InChI is InChI=1S/C16H11BrN6O3/c17-12-5-1-3-10(7-12)9-25-15-19-21-22-23(15)13-6-2-4-11(8-13)14-18-16(24)26-20-14/h1-8H,9H2,(H,18,20,24). The van der Waals surface area contributed by atoms with Gasteiger partial charge in [0.1, 0.15) is 6.61 Å². The number of rotatable bonds is 5. The Kier molecular flexibility index (Phi) is 4.32. The van der Waals surface area contributed by atoms with E-state index in [9.17, 15) is 4.79 Å². The molecule has 0 unspecified atom stereocenters. The number of nitrogens with one attached hydrogen (secondary N) is 1. The molecule has 10 heteroatoms. The number of benzene rings is 2. The molecule has 26 heavy (non-hydrogen) atoms. The number of aromatic nitrogens is 6. The fraction of sp³-hybridized carbons (Fsp3) is 0.0625. The van der Waals surface area contributed by atoms with Crippen molar-refractivity contribution in [3.8, 4) is 23.1 Å². The summed E-state index contributed by atoms with van der Waals surface area (Å²) in [5, 5.41) is 15.2. The number of nitrogens with zero attached hydrogens (tertiary/aromatic N) is 5. The lowest BCUT2D eigenvalue weighted by Gasteiger charge is -2.07. The van der Waals surface area contributed by atoms with Crippen LogP contribution in [0.25, 0.3) is 17.1 Å². The molecule has 9 nitrogen and oxygen atoms in total. The van der Waals surface area contributed by atoms with Crippen molar-refractivity contribution in [3.63, 3.8) is 0 Å². The van der Waals surface area contributed by atoms with Gasteiger partial charge in [-0.2, -0.15) is 4.68 Å². The first-order valence-corrected chi connectivity index (χ1v) is 8.31. The molecule has 0 saturated carbocycles. The van der Waals surface area contributed by atoms with Crippen molar-refractivity contribution in [2.24, 2.45) is 0 Å². The predicted molar refractivity (Wildman–Crippen MR) is 93.7 cm³/mol. The fourth-order valence-corrected chi connectivity index (χ4v) is 2.79. The summed E-state index contributed by atoms with van der Waals surface area (Å²) in [6.07, 6.45) is 0. The van der Waals surface area contributed by atoms with Gasteiger partial charge in [0.2, 0.25) is 0 Å². The van der Waals surface area contributed by atoms with Crippen molar-refractivity contribution in [1.29, 1.82) is 0 Å².